The molecule has 4 aromatic carbocycles. The van der Waals surface area contributed by atoms with Gasteiger partial charge in [0.05, 0.1) is 36.0 Å². The number of piperidine rings is 2. The lowest BCUT2D eigenvalue weighted by atomic mass is 9.88. The molecule has 0 radical (unpaired) electrons. The third kappa shape index (κ3) is 13.1. The van der Waals surface area contributed by atoms with E-state index in [1.807, 2.05) is 48.5 Å². The highest BCUT2D eigenvalue weighted by atomic mass is 16.6. The molecule has 15 heteroatoms. The molecule has 10 rings (SSSR count). The molecule has 0 bridgehead atoms. The molecule has 6 heterocycles. The van der Waals surface area contributed by atoms with Gasteiger partial charge in [-0.25, -0.2) is 19.0 Å². The lowest BCUT2D eigenvalue weighted by Gasteiger charge is -2.34. The summed E-state index contributed by atoms with van der Waals surface area (Å²) in [5, 5.41) is 16.4. The van der Waals surface area contributed by atoms with E-state index in [9.17, 15) is 9.59 Å². The zero-order valence-electron chi connectivity index (χ0n) is 44.8. The Kier molecular flexibility index (Phi) is 16.8. The number of imidazole rings is 2. The number of fused-ring (bicyclic) bond motifs is 2. The first-order chi connectivity index (χ1) is 37.5. The smallest absolute Gasteiger partial charge is 0.325 e. The molecular weight excluding hydrogens is 965 g/mol. The van der Waals surface area contributed by atoms with E-state index in [4.69, 9.17) is 34.4 Å². The standard InChI is InChI=1S/C62H72N10O5/c1-61(2,51-43-71-55(65-51)29-27-53(67-71)63-35-17-37-69-39-31-49(32-40-69)75-57(45-19-9-5-10-20-45)46-21-11-6-12-22-46)59(73)77-60(74)62(3,4)52-44-72-56(66-52)30-28-54(68-72)64-36-18-38-70-41-33-50(34-42-70)76-58(47-23-13-7-14-24-47)48-25-15-8-16-26-48/h5-16,19-30,43-44,49-50,57-58H,17-18,31-42H2,1-4H3,(H,63,67)(H,64,68). The van der Waals surface area contributed by atoms with Crippen LogP contribution >= 0.6 is 0 Å². The molecule has 2 fully saturated rings. The van der Waals surface area contributed by atoms with Gasteiger partial charge in [0.15, 0.2) is 11.3 Å². The van der Waals surface area contributed by atoms with Crippen LogP contribution in [0.3, 0.4) is 0 Å². The zero-order valence-corrected chi connectivity index (χ0v) is 44.8. The molecule has 8 aromatic rings. The molecule has 2 aliphatic rings. The average molecular weight is 1040 g/mol. The summed E-state index contributed by atoms with van der Waals surface area (Å²) >= 11 is 0. The second-order valence-electron chi connectivity index (χ2n) is 21.5. The van der Waals surface area contributed by atoms with Crippen molar-refractivity contribution in [3.05, 3.63) is 192 Å². The first-order valence-corrected chi connectivity index (χ1v) is 27.4. The van der Waals surface area contributed by atoms with E-state index >= 15 is 0 Å². The highest BCUT2D eigenvalue weighted by Gasteiger charge is 2.41. The Labute approximate surface area is 452 Å². The summed E-state index contributed by atoms with van der Waals surface area (Å²) in [6.07, 6.45) is 9.56. The van der Waals surface area contributed by atoms with E-state index in [0.29, 0.717) is 34.3 Å². The van der Waals surface area contributed by atoms with Crippen molar-refractivity contribution in [1.29, 1.82) is 0 Å². The molecule has 2 saturated heterocycles. The van der Waals surface area contributed by atoms with Crippen molar-refractivity contribution < 1.29 is 23.8 Å². The Morgan fingerprint density at radius 3 is 1.18 bits per heavy atom. The van der Waals surface area contributed by atoms with Crippen LogP contribution in [-0.2, 0) is 34.6 Å². The number of likely N-dealkylation sites (tertiary alicyclic amines) is 2. The fourth-order valence-electron chi connectivity index (χ4n) is 10.3. The number of rotatable bonds is 22. The third-order valence-corrected chi connectivity index (χ3v) is 15.2. The number of ether oxygens (including phenoxy) is 3. The van der Waals surface area contributed by atoms with Crippen LogP contribution in [0.4, 0.5) is 11.6 Å². The van der Waals surface area contributed by atoms with Crippen LogP contribution in [0.2, 0.25) is 0 Å². The number of aromatic nitrogens is 6. The van der Waals surface area contributed by atoms with Gasteiger partial charge in [0.1, 0.15) is 34.7 Å². The van der Waals surface area contributed by atoms with Gasteiger partial charge in [0.25, 0.3) is 0 Å². The average Bonchev–Trinajstić information content (AvgIpc) is 4.11. The van der Waals surface area contributed by atoms with E-state index in [2.05, 4.69) is 117 Å². The number of carbonyl (C=O) groups is 2. The normalized spacial score (nSPS) is 15.4. The first kappa shape index (κ1) is 53.1. The second kappa shape index (κ2) is 24.4. The minimum Gasteiger partial charge on any atom is -0.392 e. The lowest BCUT2D eigenvalue weighted by molar-refractivity contribution is -0.166. The molecule has 0 amide bonds. The van der Waals surface area contributed by atoms with Gasteiger partial charge in [-0.1, -0.05) is 121 Å². The van der Waals surface area contributed by atoms with E-state index < -0.39 is 22.8 Å². The molecule has 0 spiro atoms. The fourth-order valence-corrected chi connectivity index (χ4v) is 10.3. The lowest BCUT2D eigenvalue weighted by Crippen LogP contribution is -2.39. The molecule has 400 valence electrons. The molecule has 4 aromatic heterocycles. The van der Waals surface area contributed by atoms with E-state index in [1.54, 1.807) is 49.1 Å². The van der Waals surface area contributed by atoms with Crippen molar-refractivity contribution in [3.63, 3.8) is 0 Å². The first-order valence-electron chi connectivity index (χ1n) is 27.4. The van der Waals surface area contributed by atoms with Crippen LogP contribution in [0.15, 0.2) is 158 Å². The van der Waals surface area contributed by atoms with Gasteiger partial charge >= 0.3 is 11.9 Å². The van der Waals surface area contributed by atoms with Gasteiger partial charge in [0, 0.05) is 39.3 Å². The largest absolute Gasteiger partial charge is 0.392 e. The van der Waals surface area contributed by atoms with Gasteiger partial charge < -0.3 is 34.6 Å². The molecule has 0 aliphatic carbocycles. The molecule has 15 nitrogen and oxygen atoms in total. The Hall–Kier alpha value is -7.30. The molecule has 0 unspecified atom stereocenters. The number of hydrogen-bond acceptors (Lipinski definition) is 13. The minimum absolute atomic E-state index is 0.0760. The number of nitrogens with zero attached hydrogens (tertiary/aromatic N) is 8. The van der Waals surface area contributed by atoms with Crippen molar-refractivity contribution in [2.24, 2.45) is 0 Å². The second-order valence-corrected chi connectivity index (χ2v) is 21.5. The van der Waals surface area contributed by atoms with Crippen molar-refractivity contribution in [1.82, 2.24) is 39.0 Å². The van der Waals surface area contributed by atoms with Crippen LogP contribution in [0, 0.1) is 0 Å². The van der Waals surface area contributed by atoms with Crippen LogP contribution in [0.5, 0.6) is 0 Å². The predicted molar refractivity (Wildman–Crippen MR) is 300 cm³/mol. The maximum atomic E-state index is 13.8. The Morgan fingerprint density at radius 1 is 0.506 bits per heavy atom. The Bertz CT molecular complexity index is 2880. The topological polar surface area (TPSA) is 153 Å². The number of esters is 2. The van der Waals surface area contributed by atoms with Crippen LogP contribution in [0.1, 0.15) is 112 Å². The van der Waals surface area contributed by atoms with Crippen LogP contribution < -0.4 is 10.6 Å². The minimum atomic E-state index is -1.25. The predicted octanol–water partition coefficient (Wildman–Crippen LogP) is 10.2. The molecule has 0 saturated carbocycles. The highest BCUT2D eigenvalue weighted by molar-refractivity contribution is 5.95. The quantitative estimate of drug-likeness (QED) is 0.0377. The summed E-state index contributed by atoms with van der Waals surface area (Å²) in [6.45, 7) is 14.2. The fraction of sp³-hybridized carbons (Fsp3) is 0.387. The van der Waals surface area contributed by atoms with E-state index in [-0.39, 0.29) is 24.4 Å². The van der Waals surface area contributed by atoms with Gasteiger partial charge in [-0.05, 0) is 126 Å². The maximum absolute atomic E-state index is 13.8. The van der Waals surface area contributed by atoms with Gasteiger partial charge in [0.2, 0.25) is 0 Å². The zero-order chi connectivity index (χ0) is 53.2. The summed E-state index contributed by atoms with van der Waals surface area (Å²) < 4.78 is 22.4. The highest BCUT2D eigenvalue weighted by Crippen LogP contribution is 2.33. The van der Waals surface area contributed by atoms with E-state index in [1.165, 1.54) is 22.3 Å². The SMILES string of the molecule is CC(C)(C(=O)OC(=O)C(C)(C)c1cn2nc(NCCCN3CCC(OC(c4ccccc4)c4ccccc4)CC3)ccc2n1)c1cn2nc(NCCCN3CCC(OC(c4ccccc4)c4ccccc4)CC3)ccc2n1. The summed E-state index contributed by atoms with van der Waals surface area (Å²) in [5.41, 5.74) is 4.24. The number of hydrogen-bond donors (Lipinski definition) is 2. The van der Waals surface area contributed by atoms with Crippen molar-refractivity contribution in [3.8, 4) is 0 Å². The maximum Gasteiger partial charge on any atom is 0.325 e. The number of benzene rings is 4. The molecular formula is C62H72N10O5. The Morgan fingerprint density at radius 2 is 0.844 bits per heavy atom. The van der Waals surface area contributed by atoms with Gasteiger partial charge in [-0.15, -0.1) is 10.2 Å². The molecule has 2 aliphatic heterocycles. The van der Waals surface area contributed by atoms with Gasteiger partial charge in [-0.3, -0.25) is 9.59 Å². The van der Waals surface area contributed by atoms with E-state index in [0.717, 1.165) is 90.9 Å². The summed E-state index contributed by atoms with van der Waals surface area (Å²) in [4.78, 5) is 42.0. The monoisotopic (exact) mass is 1040 g/mol. The number of nitrogens with one attached hydrogen (secondary N) is 2. The van der Waals surface area contributed by atoms with Gasteiger partial charge in [-0.2, -0.15) is 0 Å². The van der Waals surface area contributed by atoms with Crippen LogP contribution in [-0.4, -0.2) is 116 Å². The van der Waals surface area contributed by atoms with Crippen molar-refractivity contribution >= 4 is 34.9 Å². The summed E-state index contributed by atoms with van der Waals surface area (Å²) in [5.74, 6) is -0.0274. The summed E-state index contributed by atoms with van der Waals surface area (Å²) in [7, 11) is 0. The number of anilines is 2. The third-order valence-electron chi connectivity index (χ3n) is 15.2. The van der Waals surface area contributed by atoms with Crippen molar-refractivity contribution in [2.75, 3.05) is 63.0 Å². The molecule has 0 atom stereocenters. The Balaban J connectivity index is 0.652. The van der Waals surface area contributed by atoms with Crippen molar-refractivity contribution in [2.45, 2.75) is 101 Å². The summed E-state index contributed by atoms with van der Waals surface area (Å²) in [6, 6.07) is 49.5. The number of carbonyl (C=O) groups excluding carboxylic acids is 2. The van der Waals surface area contributed by atoms with Crippen LogP contribution in [0.25, 0.3) is 11.3 Å². The molecule has 77 heavy (non-hydrogen) atoms. The molecule has 2 N–H and O–H groups in total.